The lowest BCUT2D eigenvalue weighted by Crippen LogP contribution is -2.49. The molecule has 1 fully saturated rings. The number of β-amino-alcohol motifs (C(OH)–C–C–N with tert-alkyl or cyclic N) is 1. The van der Waals surface area contributed by atoms with Crippen molar-refractivity contribution in [3.8, 4) is 11.8 Å². The maximum atomic E-state index is 12.4. The Labute approximate surface area is 125 Å². The fraction of sp³-hybridized carbons (Fsp3) is 0.438. The molecule has 1 heterocycles. The molecule has 2 rings (SSSR count). The minimum Gasteiger partial charge on any atom is -0.395 e. The third kappa shape index (κ3) is 4.30. The van der Waals surface area contributed by atoms with Gasteiger partial charge in [-0.2, -0.15) is 0 Å². The summed E-state index contributed by atoms with van der Waals surface area (Å²) in [5, 5.41) is 8.92. The topological polar surface area (TPSA) is 69.8 Å². The van der Waals surface area contributed by atoms with Crippen molar-refractivity contribution in [1.82, 2.24) is 9.80 Å². The predicted octanol–water partition coefficient (Wildman–Crippen LogP) is -0.253. The van der Waals surface area contributed by atoms with E-state index in [1.54, 1.807) is 0 Å². The smallest absolute Gasteiger partial charge is 0.253 e. The van der Waals surface area contributed by atoms with Gasteiger partial charge >= 0.3 is 0 Å². The van der Waals surface area contributed by atoms with Gasteiger partial charge in [0.25, 0.3) is 5.91 Å². The van der Waals surface area contributed by atoms with Crippen LogP contribution in [0.3, 0.4) is 0 Å². The van der Waals surface area contributed by atoms with Gasteiger partial charge in [-0.3, -0.25) is 9.69 Å². The number of amides is 1. The van der Waals surface area contributed by atoms with Gasteiger partial charge in [0.2, 0.25) is 0 Å². The van der Waals surface area contributed by atoms with E-state index in [1.807, 2.05) is 29.2 Å². The number of hydrogen-bond acceptors (Lipinski definition) is 4. The van der Waals surface area contributed by atoms with Crippen molar-refractivity contribution in [3.05, 3.63) is 35.4 Å². The molecule has 5 heteroatoms. The summed E-state index contributed by atoms with van der Waals surface area (Å²) < 4.78 is 0. The van der Waals surface area contributed by atoms with Crippen molar-refractivity contribution in [3.63, 3.8) is 0 Å². The van der Waals surface area contributed by atoms with E-state index in [1.165, 1.54) is 0 Å². The number of benzene rings is 1. The molecular weight excluding hydrogens is 266 g/mol. The molecule has 5 nitrogen and oxygen atoms in total. The number of nitrogens with zero attached hydrogens (tertiary/aromatic N) is 2. The Balaban J connectivity index is 1.94. The van der Waals surface area contributed by atoms with Gasteiger partial charge < -0.3 is 15.7 Å². The van der Waals surface area contributed by atoms with E-state index >= 15 is 0 Å². The first-order valence-corrected chi connectivity index (χ1v) is 7.16. The Morgan fingerprint density at radius 1 is 1.19 bits per heavy atom. The minimum atomic E-state index is 0.0528. The Morgan fingerprint density at radius 2 is 1.86 bits per heavy atom. The van der Waals surface area contributed by atoms with Crippen molar-refractivity contribution in [2.45, 2.75) is 0 Å². The molecule has 0 spiro atoms. The zero-order chi connectivity index (χ0) is 15.1. The quantitative estimate of drug-likeness (QED) is 0.752. The number of aliphatic hydroxyl groups excluding tert-OH is 1. The molecule has 0 aliphatic carbocycles. The molecule has 1 saturated heterocycles. The molecule has 0 saturated carbocycles. The molecule has 3 N–H and O–H groups in total. The third-order valence-electron chi connectivity index (χ3n) is 3.54. The van der Waals surface area contributed by atoms with Crippen LogP contribution in [0.4, 0.5) is 0 Å². The maximum absolute atomic E-state index is 12.4. The second kappa shape index (κ2) is 7.79. The van der Waals surface area contributed by atoms with Gasteiger partial charge in [0.05, 0.1) is 13.2 Å². The van der Waals surface area contributed by atoms with Crippen LogP contribution in [0, 0.1) is 11.8 Å². The normalized spacial score (nSPS) is 15.4. The number of carbonyl (C=O) groups is 1. The van der Waals surface area contributed by atoms with Gasteiger partial charge in [-0.1, -0.05) is 11.8 Å². The summed E-state index contributed by atoms with van der Waals surface area (Å²) in [6.45, 7) is 4.20. The molecule has 112 valence electrons. The SMILES string of the molecule is NCC#Cc1ccc(C(=O)N2CCN(CCO)CC2)cc1. The summed E-state index contributed by atoms with van der Waals surface area (Å²) in [6, 6.07) is 7.31. The molecule has 1 aliphatic heterocycles. The lowest BCUT2D eigenvalue weighted by Gasteiger charge is -2.34. The summed E-state index contributed by atoms with van der Waals surface area (Å²) in [5.74, 6) is 5.78. The number of carbonyl (C=O) groups excluding carboxylic acids is 1. The van der Waals surface area contributed by atoms with Crippen LogP contribution in [0.2, 0.25) is 0 Å². The Bertz CT molecular complexity index is 523. The molecule has 1 amide bonds. The highest BCUT2D eigenvalue weighted by molar-refractivity contribution is 5.94. The molecule has 0 bridgehead atoms. The van der Waals surface area contributed by atoms with E-state index in [2.05, 4.69) is 16.7 Å². The lowest BCUT2D eigenvalue weighted by atomic mass is 10.1. The van der Waals surface area contributed by atoms with Crippen molar-refractivity contribution in [2.24, 2.45) is 5.73 Å². The van der Waals surface area contributed by atoms with E-state index < -0.39 is 0 Å². The lowest BCUT2D eigenvalue weighted by molar-refractivity contribution is 0.0615. The molecule has 1 aliphatic rings. The molecule has 1 aromatic rings. The largest absolute Gasteiger partial charge is 0.395 e. The number of aliphatic hydroxyl groups is 1. The number of hydrogen-bond donors (Lipinski definition) is 2. The molecule has 21 heavy (non-hydrogen) atoms. The summed E-state index contributed by atoms with van der Waals surface area (Å²) in [7, 11) is 0. The van der Waals surface area contributed by atoms with Crippen LogP contribution in [0.25, 0.3) is 0 Å². The van der Waals surface area contributed by atoms with Crippen LogP contribution < -0.4 is 5.73 Å². The molecule has 0 unspecified atom stereocenters. The van der Waals surface area contributed by atoms with Crippen LogP contribution in [0.15, 0.2) is 24.3 Å². The van der Waals surface area contributed by atoms with Gasteiger partial charge in [0, 0.05) is 43.9 Å². The van der Waals surface area contributed by atoms with E-state index in [0.717, 1.165) is 18.7 Å². The van der Waals surface area contributed by atoms with Gasteiger partial charge in [-0.15, -0.1) is 0 Å². The van der Waals surface area contributed by atoms with Crippen molar-refractivity contribution in [1.29, 1.82) is 0 Å². The van der Waals surface area contributed by atoms with E-state index in [9.17, 15) is 4.79 Å². The van der Waals surface area contributed by atoms with E-state index in [-0.39, 0.29) is 12.5 Å². The zero-order valence-electron chi connectivity index (χ0n) is 12.1. The Morgan fingerprint density at radius 3 is 2.43 bits per heavy atom. The summed E-state index contributed by atoms with van der Waals surface area (Å²) in [4.78, 5) is 16.4. The highest BCUT2D eigenvalue weighted by Gasteiger charge is 2.21. The van der Waals surface area contributed by atoms with Crippen molar-refractivity contribution in [2.75, 3.05) is 45.9 Å². The van der Waals surface area contributed by atoms with Crippen LogP contribution in [-0.4, -0.2) is 66.7 Å². The molecule has 0 aromatic heterocycles. The third-order valence-corrected chi connectivity index (χ3v) is 3.54. The fourth-order valence-electron chi connectivity index (χ4n) is 2.35. The summed E-state index contributed by atoms with van der Waals surface area (Å²) >= 11 is 0. The van der Waals surface area contributed by atoms with Crippen LogP contribution in [-0.2, 0) is 0 Å². The van der Waals surface area contributed by atoms with Crippen molar-refractivity contribution < 1.29 is 9.90 Å². The van der Waals surface area contributed by atoms with Crippen LogP contribution >= 0.6 is 0 Å². The molecule has 0 atom stereocenters. The Hall–Kier alpha value is -1.87. The number of piperazine rings is 1. The predicted molar refractivity (Wildman–Crippen MR) is 81.8 cm³/mol. The van der Waals surface area contributed by atoms with Gasteiger partial charge in [-0.05, 0) is 24.3 Å². The number of rotatable bonds is 3. The molecular formula is C16H21N3O2. The van der Waals surface area contributed by atoms with Crippen molar-refractivity contribution >= 4 is 5.91 Å². The minimum absolute atomic E-state index is 0.0528. The average molecular weight is 287 g/mol. The number of nitrogens with two attached hydrogens (primary N) is 1. The average Bonchev–Trinajstić information content (AvgIpc) is 2.54. The molecule has 1 aromatic carbocycles. The second-order valence-corrected chi connectivity index (χ2v) is 4.94. The van der Waals surface area contributed by atoms with Gasteiger partial charge in [0.15, 0.2) is 0 Å². The maximum Gasteiger partial charge on any atom is 0.253 e. The zero-order valence-corrected chi connectivity index (χ0v) is 12.1. The first kappa shape index (κ1) is 15.5. The van der Waals surface area contributed by atoms with E-state index in [0.29, 0.717) is 31.7 Å². The van der Waals surface area contributed by atoms with Gasteiger partial charge in [0.1, 0.15) is 0 Å². The monoisotopic (exact) mass is 287 g/mol. The second-order valence-electron chi connectivity index (χ2n) is 4.94. The summed E-state index contributed by atoms with van der Waals surface area (Å²) in [5.41, 5.74) is 6.88. The molecule has 0 radical (unpaired) electrons. The van der Waals surface area contributed by atoms with E-state index in [4.69, 9.17) is 10.8 Å². The highest BCUT2D eigenvalue weighted by Crippen LogP contribution is 2.10. The first-order valence-electron chi connectivity index (χ1n) is 7.16. The Kier molecular flexibility index (Phi) is 5.76. The summed E-state index contributed by atoms with van der Waals surface area (Å²) in [6.07, 6.45) is 0. The van der Waals surface area contributed by atoms with Crippen LogP contribution in [0.1, 0.15) is 15.9 Å². The van der Waals surface area contributed by atoms with Gasteiger partial charge in [-0.25, -0.2) is 0 Å². The first-order chi connectivity index (χ1) is 10.2. The fourth-order valence-corrected chi connectivity index (χ4v) is 2.35. The van der Waals surface area contributed by atoms with Crippen LogP contribution in [0.5, 0.6) is 0 Å². The highest BCUT2D eigenvalue weighted by atomic mass is 16.3. The standard InChI is InChI=1S/C16H21N3O2/c17-7-1-2-14-3-5-15(6-4-14)16(21)19-10-8-18(9-11-19)12-13-20/h3-6,20H,7-13,17H2.